The summed E-state index contributed by atoms with van der Waals surface area (Å²) in [5.41, 5.74) is 3.30. The normalized spacial score (nSPS) is 12.2. The van der Waals surface area contributed by atoms with Crippen molar-refractivity contribution in [1.82, 2.24) is 10.9 Å². The third-order valence-electron chi connectivity index (χ3n) is 3.39. The number of amides is 2. The van der Waals surface area contributed by atoms with E-state index >= 15 is 0 Å². The van der Waals surface area contributed by atoms with Crippen molar-refractivity contribution < 1.29 is 14.8 Å². The van der Waals surface area contributed by atoms with Crippen LogP contribution in [0.15, 0.2) is 35.4 Å². The van der Waals surface area contributed by atoms with Crippen LogP contribution >= 0.6 is 0 Å². The van der Waals surface area contributed by atoms with Crippen molar-refractivity contribution in [2.45, 2.75) is 34.1 Å². The number of hydrogen-bond acceptors (Lipinski definition) is 4. The molecule has 0 aliphatic heterocycles. The molecule has 120 valence electrons. The first-order chi connectivity index (χ1) is 10.2. The van der Waals surface area contributed by atoms with Gasteiger partial charge in [-0.3, -0.25) is 14.8 Å². The Morgan fingerprint density at radius 3 is 2.18 bits per heavy atom. The van der Waals surface area contributed by atoms with Crippen LogP contribution in [0.5, 0.6) is 0 Å². The predicted octanol–water partition coefficient (Wildman–Crippen LogP) is 2.08. The fourth-order valence-corrected chi connectivity index (χ4v) is 2.27. The molecule has 0 aromatic heterocycles. The van der Waals surface area contributed by atoms with Crippen LogP contribution in [0, 0.1) is 10.8 Å². The molecule has 0 saturated carbocycles. The van der Waals surface area contributed by atoms with Crippen molar-refractivity contribution in [3.8, 4) is 0 Å². The van der Waals surface area contributed by atoms with Crippen LogP contribution in [0.3, 0.4) is 0 Å². The van der Waals surface area contributed by atoms with Gasteiger partial charge in [-0.25, -0.2) is 10.9 Å². The summed E-state index contributed by atoms with van der Waals surface area (Å²) in [6.07, 6.45) is 1.82. The van der Waals surface area contributed by atoms with Crippen LogP contribution in [0.1, 0.15) is 39.7 Å². The first-order valence-corrected chi connectivity index (χ1v) is 7.02. The Labute approximate surface area is 130 Å². The summed E-state index contributed by atoms with van der Waals surface area (Å²) in [4.78, 5) is 23.8. The van der Waals surface area contributed by atoms with E-state index < -0.39 is 16.7 Å². The number of hydroxylamine groups is 1. The van der Waals surface area contributed by atoms with Gasteiger partial charge in [-0.2, -0.15) is 5.10 Å². The van der Waals surface area contributed by atoms with E-state index in [9.17, 15) is 9.59 Å². The molecule has 0 bridgehead atoms. The Hall–Kier alpha value is -2.21. The molecule has 0 fully saturated rings. The highest BCUT2D eigenvalue weighted by molar-refractivity contribution is 5.86. The van der Waals surface area contributed by atoms with Crippen molar-refractivity contribution >= 4 is 18.0 Å². The Bertz CT molecular complexity index is 551. The van der Waals surface area contributed by atoms with Gasteiger partial charge in [0.05, 0.1) is 6.21 Å². The summed E-state index contributed by atoms with van der Waals surface area (Å²) in [7, 11) is 0. The fraction of sp³-hybridized carbons (Fsp3) is 0.438. The number of carbonyl (C=O) groups excluding carboxylic acids is 2. The van der Waals surface area contributed by atoms with Gasteiger partial charge in [0, 0.05) is 10.8 Å². The molecular formula is C16H23N3O3. The summed E-state index contributed by atoms with van der Waals surface area (Å²) < 4.78 is 0. The molecule has 0 saturated heterocycles. The standard InChI is InChI=1S/C16H23N3O3/c1-15(2,11-16(3,4)14(21)19-22)13(20)18-17-10-12-8-6-5-7-9-12/h5-10,22H,11H2,1-4H3,(H,18,20)(H,19,21)/b17-10+. The van der Waals surface area contributed by atoms with Gasteiger partial charge in [0.1, 0.15) is 0 Å². The van der Waals surface area contributed by atoms with Crippen LogP contribution in [0.4, 0.5) is 0 Å². The minimum absolute atomic E-state index is 0.263. The number of benzene rings is 1. The smallest absolute Gasteiger partial charge is 0.249 e. The van der Waals surface area contributed by atoms with E-state index in [1.165, 1.54) is 0 Å². The third kappa shape index (κ3) is 4.96. The lowest BCUT2D eigenvalue weighted by Crippen LogP contribution is -2.43. The number of nitrogens with one attached hydrogen (secondary N) is 2. The van der Waals surface area contributed by atoms with E-state index in [1.54, 1.807) is 39.4 Å². The SMILES string of the molecule is CC(C)(CC(C)(C)C(=O)N/N=C/c1ccccc1)C(=O)NO. The molecule has 0 aliphatic carbocycles. The predicted molar refractivity (Wildman–Crippen MR) is 84.3 cm³/mol. The molecule has 0 spiro atoms. The molecule has 0 aliphatic rings. The van der Waals surface area contributed by atoms with Gasteiger partial charge in [-0.15, -0.1) is 0 Å². The lowest BCUT2D eigenvalue weighted by atomic mass is 9.74. The van der Waals surface area contributed by atoms with E-state index in [0.717, 1.165) is 5.56 Å². The third-order valence-corrected chi connectivity index (χ3v) is 3.39. The van der Waals surface area contributed by atoms with Gasteiger partial charge in [0.25, 0.3) is 0 Å². The van der Waals surface area contributed by atoms with E-state index in [4.69, 9.17) is 5.21 Å². The molecule has 22 heavy (non-hydrogen) atoms. The second kappa shape index (κ2) is 7.17. The summed E-state index contributed by atoms with van der Waals surface area (Å²) in [6.45, 7) is 6.79. The molecule has 0 heterocycles. The minimum Gasteiger partial charge on any atom is -0.289 e. The molecule has 0 radical (unpaired) electrons. The maximum absolute atomic E-state index is 12.2. The second-order valence-corrected chi connectivity index (χ2v) is 6.50. The Kier molecular flexibility index (Phi) is 5.82. The highest BCUT2D eigenvalue weighted by atomic mass is 16.5. The van der Waals surface area contributed by atoms with Crippen molar-refractivity contribution in [1.29, 1.82) is 0 Å². The summed E-state index contributed by atoms with van der Waals surface area (Å²) in [5.74, 6) is -0.820. The maximum Gasteiger partial charge on any atom is 0.249 e. The van der Waals surface area contributed by atoms with Crippen LogP contribution in [0.2, 0.25) is 0 Å². The molecule has 6 heteroatoms. The van der Waals surface area contributed by atoms with Gasteiger partial charge in [-0.1, -0.05) is 58.0 Å². The summed E-state index contributed by atoms with van der Waals surface area (Å²) >= 11 is 0. The second-order valence-electron chi connectivity index (χ2n) is 6.50. The van der Waals surface area contributed by atoms with Crippen molar-refractivity contribution in [3.63, 3.8) is 0 Å². The van der Waals surface area contributed by atoms with E-state index in [2.05, 4.69) is 10.5 Å². The molecule has 1 rings (SSSR count). The highest BCUT2D eigenvalue weighted by Gasteiger charge is 2.38. The summed E-state index contributed by atoms with van der Waals surface area (Å²) in [6, 6.07) is 9.39. The molecule has 2 amide bonds. The Balaban J connectivity index is 2.67. The highest BCUT2D eigenvalue weighted by Crippen LogP contribution is 2.34. The molecule has 1 aromatic carbocycles. The Morgan fingerprint density at radius 2 is 1.64 bits per heavy atom. The van der Waals surface area contributed by atoms with Gasteiger partial charge in [0.15, 0.2) is 0 Å². The molecule has 6 nitrogen and oxygen atoms in total. The number of nitrogens with zero attached hydrogens (tertiary/aromatic N) is 1. The van der Waals surface area contributed by atoms with Crippen molar-refractivity contribution in [3.05, 3.63) is 35.9 Å². The number of hydrogen-bond donors (Lipinski definition) is 3. The maximum atomic E-state index is 12.2. The van der Waals surface area contributed by atoms with Crippen molar-refractivity contribution in [2.75, 3.05) is 0 Å². The zero-order chi connectivity index (χ0) is 16.8. The van der Waals surface area contributed by atoms with Gasteiger partial charge >= 0.3 is 0 Å². The van der Waals surface area contributed by atoms with Crippen LogP contribution < -0.4 is 10.9 Å². The largest absolute Gasteiger partial charge is 0.289 e. The average Bonchev–Trinajstić information content (AvgIpc) is 2.46. The quantitative estimate of drug-likeness (QED) is 0.427. The zero-order valence-electron chi connectivity index (χ0n) is 13.4. The van der Waals surface area contributed by atoms with Crippen LogP contribution in [-0.4, -0.2) is 23.2 Å². The van der Waals surface area contributed by atoms with Gasteiger partial charge < -0.3 is 0 Å². The topological polar surface area (TPSA) is 90.8 Å². The molecule has 1 aromatic rings. The lowest BCUT2D eigenvalue weighted by molar-refractivity contribution is -0.142. The average molecular weight is 305 g/mol. The summed E-state index contributed by atoms with van der Waals surface area (Å²) in [5, 5.41) is 12.7. The minimum atomic E-state index is -0.876. The fourth-order valence-electron chi connectivity index (χ4n) is 2.27. The monoisotopic (exact) mass is 305 g/mol. The molecule has 0 unspecified atom stereocenters. The van der Waals surface area contributed by atoms with Crippen LogP contribution in [0.25, 0.3) is 0 Å². The lowest BCUT2D eigenvalue weighted by Gasteiger charge is -2.31. The zero-order valence-corrected chi connectivity index (χ0v) is 13.4. The molecular weight excluding hydrogens is 282 g/mol. The van der Waals surface area contributed by atoms with Gasteiger partial charge in [-0.05, 0) is 12.0 Å². The number of rotatable bonds is 6. The first kappa shape index (κ1) is 17.8. The molecule has 3 N–H and O–H groups in total. The van der Waals surface area contributed by atoms with E-state index in [-0.39, 0.29) is 12.3 Å². The van der Waals surface area contributed by atoms with E-state index in [1.807, 2.05) is 30.3 Å². The first-order valence-electron chi connectivity index (χ1n) is 7.02. The molecule has 0 atom stereocenters. The van der Waals surface area contributed by atoms with Gasteiger partial charge in [0.2, 0.25) is 11.8 Å². The van der Waals surface area contributed by atoms with Crippen molar-refractivity contribution in [2.24, 2.45) is 15.9 Å². The van der Waals surface area contributed by atoms with E-state index in [0.29, 0.717) is 0 Å². The number of carbonyl (C=O) groups is 2. The van der Waals surface area contributed by atoms with Crippen LogP contribution in [-0.2, 0) is 9.59 Å². The Morgan fingerprint density at radius 1 is 1.09 bits per heavy atom. The number of hydrazone groups is 1.